The smallest absolute Gasteiger partial charge is 0.141 e. The minimum atomic E-state index is -0.334. The lowest BCUT2D eigenvalue weighted by molar-refractivity contribution is 0.621. The van der Waals surface area contributed by atoms with E-state index < -0.39 is 0 Å². The summed E-state index contributed by atoms with van der Waals surface area (Å²) in [5.74, 6) is 0.258. The van der Waals surface area contributed by atoms with Crippen molar-refractivity contribution in [2.24, 2.45) is 11.7 Å². The number of aromatic nitrogens is 2. The van der Waals surface area contributed by atoms with Crippen LogP contribution in [0.15, 0.2) is 23.7 Å². The average molecular weight is 249 g/mol. The number of nitrogens with zero attached hydrogens (tertiary/aromatic N) is 2. The summed E-state index contributed by atoms with van der Waals surface area (Å²) in [7, 11) is 0. The molecule has 2 aromatic heterocycles. The first-order chi connectivity index (χ1) is 8.24. The molecule has 2 N–H and O–H groups in total. The highest BCUT2D eigenvalue weighted by Gasteiger charge is 2.31. The summed E-state index contributed by atoms with van der Waals surface area (Å²) in [6.07, 6.45) is 3.60. The predicted molar refractivity (Wildman–Crippen MR) is 65.0 cm³/mol. The fourth-order valence-electron chi connectivity index (χ4n) is 1.74. The summed E-state index contributed by atoms with van der Waals surface area (Å²) in [5, 5.41) is 2.88. The van der Waals surface area contributed by atoms with Crippen molar-refractivity contribution in [1.29, 1.82) is 0 Å². The minimum absolute atomic E-state index is 0.0502. The molecular formula is C12H12FN3S. The molecule has 3 nitrogen and oxygen atoms in total. The third kappa shape index (κ3) is 2.21. The second-order valence-corrected chi connectivity index (χ2v) is 5.19. The minimum Gasteiger partial charge on any atom is -0.322 e. The van der Waals surface area contributed by atoms with Crippen LogP contribution in [0.2, 0.25) is 0 Å². The molecule has 1 fully saturated rings. The van der Waals surface area contributed by atoms with Crippen molar-refractivity contribution in [3.8, 4) is 11.4 Å². The van der Waals surface area contributed by atoms with Crippen LogP contribution in [-0.2, 0) is 0 Å². The van der Waals surface area contributed by atoms with E-state index in [0.29, 0.717) is 11.6 Å². The zero-order valence-corrected chi connectivity index (χ0v) is 9.95. The van der Waals surface area contributed by atoms with Crippen molar-refractivity contribution in [3.63, 3.8) is 0 Å². The number of halogens is 1. The molecule has 1 unspecified atom stereocenters. The van der Waals surface area contributed by atoms with E-state index in [1.165, 1.54) is 25.1 Å². The summed E-state index contributed by atoms with van der Waals surface area (Å²) >= 11 is 1.56. The summed E-state index contributed by atoms with van der Waals surface area (Å²) in [4.78, 5) is 8.49. The number of thiazole rings is 1. The highest BCUT2D eigenvalue weighted by molar-refractivity contribution is 7.10. The first-order valence-corrected chi connectivity index (χ1v) is 6.45. The van der Waals surface area contributed by atoms with E-state index in [2.05, 4.69) is 9.97 Å². The Balaban J connectivity index is 1.86. The Kier molecular flexibility index (Phi) is 2.64. The van der Waals surface area contributed by atoms with Crippen LogP contribution < -0.4 is 5.73 Å². The molecule has 1 aliphatic carbocycles. The fourth-order valence-corrected chi connectivity index (χ4v) is 2.65. The standard InChI is InChI=1S/C12H12FN3S/c13-8-3-4-9(15-5-8)10-6-17-12(16-10)11(14)7-1-2-7/h3-7,11H,1-2,14H2. The Hall–Kier alpha value is -1.33. The maximum Gasteiger partial charge on any atom is 0.141 e. The predicted octanol–water partition coefficient (Wildman–Crippen LogP) is 2.75. The molecule has 5 heteroatoms. The van der Waals surface area contributed by atoms with Crippen molar-refractivity contribution in [3.05, 3.63) is 34.5 Å². The zero-order valence-electron chi connectivity index (χ0n) is 9.14. The van der Waals surface area contributed by atoms with Gasteiger partial charge >= 0.3 is 0 Å². The molecule has 17 heavy (non-hydrogen) atoms. The van der Waals surface area contributed by atoms with Crippen molar-refractivity contribution < 1.29 is 4.39 Å². The molecule has 0 aliphatic heterocycles. The van der Waals surface area contributed by atoms with Crippen LogP contribution in [0.1, 0.15) is 23.9 Å². The van der Waals surface area contributed by atoms with E-state index in [1.54, 1.807) is 17.4 Å². The van der Waals surface area contributed by atoms with Crippen LogP contribution >= 0.6 is 11.3 Å². The van der Waals surface area contributed by atoms with Crippen LogP contribution in [-0.4, -0.2) is 9.97 Å². The lowest BCUT2D eigenvalue weighted by Gasteiger charge is -2.04. The van der Waals surface area contributed by atoms with E-state index in [0.717, 1.165) is 10.7 Å². The molecular weight excluding hydrogens is 237 g/mol. The normalized spacial score (nSPS) is 17.1. The van der Waals surface area contributed by atoms with Gasteiger partial charge in [0.25, 0.3) is 0 Å². The van der Waals surface area contributed by atoms with Gasteiger partial charge in [0.1, 0.15) is 10.8 Å². The lowest BCUT2D eigenvalue weighted by atomic mass is 10.2. The Bertz CT molecular complexity index is 519. The molecule has 0 amide bonds. The first kappa shape index (κ1) is 10.8. The Morgan fingerprint density at radius 2 is 2.18 bits per heavy atom. The van der Waals surface area contributed by atoms with Gasteiger partial charge in [-0.3, -0.25) is 4.98 Å². The summed E-state index contributed by atoms with van der Waals surface area (Å²) in [5.41, 5.74) is 7.55. The third-order valence-corrected chi connectivity index (χ3v) is 3.87. The maximum absolute atomic E-state index is 12.7. The largest absolute Gasteiger partial charge is 0.322 e. The number of pyridine rings is 1. The molecule has 2 heterocycles. The van der Waals surface area contributed by atoms with Gasteiger partial charge in [-0.2, -0.15) is 0 Å². The molecule has 0 spiro atoms. The molecule has 2 aromatic rings. The van der Waals surface area contributed by atoms with Crippen LogP contribution in [0.25, 0.3) is 11.4 Å². The van der Waals surface area contributed by atoms with Gasteiger partial charge in [-0.1, -0.05) is 0 Å². The van der Waals surface area contributed by atoms with Gasteiger partial charge in [-0.15, -0.1) is 11.3 Å². The molecule has 0 bridgehead atoms. The molecule has 0 saturated heterocycles. The summed E-state index contributed by atoms with van der Waals surface area (Å²) in [6, 6.07) is 3.08. The Labute approximate surface area is 103 Å². The van der Waals surface area contributed by atoms with Gasteiger partial charge in [0.2, 0.25) is 0 Å². The Morgan fingerprint density at radius 3 is 2.82 bits per heavy atom. The average Bonchev–Trinajstić information content (AvgIpc) is 3.07. The lowest BCUT2D eigenvalue weighted by Crippen LogP contribution is -2.11. The monoisotopic (exact) mass is 249 g/mol. The van der Waals surface area contributed by atoms with Crippen LogP contribution in [0.4, 0.5) is 4.39 Å². The summed E-state index contributed by atoms with van der Waals surface area (Å²) in [6.45, 7) is 0. The fraction of sp³-hybridized carbons (Fsp3) is 0.333. The molecule has 88 valence electrons. The molecule has 3 rings (SSSR count). The molecule has 0 radical (unpaired) electrons. The third-order valence-electron chi connectivity index (χ3n) is 2.93. The number of hydrogen-bond donors (Lipinski definition) is 1. The van der Waals surface area contributed by atoms with Crippen LogP contribution in [0.5, 0.6) is 0 Å². The van der Waals surface area contributed by atoms with Crippen molar-refractivity contribution in [2.45, 2.75) is 18.9 Å². The van der Waals surface area contributed by atoms with Crippen molar-refractivity contribution in [2.75, 3.05) is 0 Å². The first-order valence-electron chi connectivity index (χ1n) is 5.57. The van der Waals surface area contributed by atoms with E-state index in [9.17, 15) is 4.39 Å². The van der Waals surface area contributed by atoms with E-state index in [1.807, 2.05) is 5.38 Å². The van der Waals surface area contributed by atoms with Gasteiger partial charge < -0.3 is 5.73 Å². The second kappa shape index (κ2) is 4.16. The second-order valence-electron chi connectivity index (χ2n) is 4.30. The van der Waals surface area contributed by atoms with Gasteiger partial charge in [0.15, 0.2) is 0 Å². The van der Waals surface area contributed by atoms with Gasteiger partial charge in [0, 0.05) is 5.38 Å². The zero-order chi connectivity index (χ0) is 11.8. The van der Waals surface area contributed by atoms with Crippen LogP contribution in [0, 0.1) is 11.7 Å². The number of rotatable bonds is 3. The maximum atomic E-state index is 12.7. The van der Waals surface area contributed by atoms with E-state index in [-0.39, 0.29) is 11.9 Å². The molecule has 1 aliphatic rings. The Morgan fingerprint density at radius 1 is 1.35 bits per heavy atom. The van der Waals surface area contributed by atoms with Gasteiger partial charge in [-0.05, 0) is 30.9 Å². The summed E-state index contributed by atoms with van der Waals surface area (Å²) < 4.78 is 12.7. The van der Waals surface area contributed by atoms with Crippen molar-refractivity contribution in [1.82, 2.24) is 9.97 Å². The highest BCUT2D eigenvalue weighted by atomic mass is 32.1. The van der Waals surface area contributed by atoms with E-state index >= 15 is 0 Å². The van der Waals surface area contributed by atoms with E-state index in [4.69, 9.17) is 5.73 Å². The SMILES string of the molecule is NC(c1nc(-c2ccc(F)cn2)cs1)C1CC1. The topological polar surface area (TPSA) is 51.8 Å². The van der Waals surface area contributed by atoms with Crippen LogP contribution in [0.3, 0.4) is 0 Å². The van der Waals surface area contributed by atoms with Crippen molar-refractivity contribution >= 4 is 11.3 Å². The molecule has 1 atom stereocenters. The number of hydrogen-bond acceptors (Lipinski definition) is 4. The number of nitrogens with two attached hydrogens (primary N) is 1. The van der Waals surface area contributed by atoms with Gasteiger partial charge in [-0.25, -0.2) is 9.37 Å². The molecule has 1 saturated carbocycles. The molecule has 0 aromatic carbocycles. The quantitative estimate of drug-likeness (QED) is 0.910. The van der Waals surface area contributed by atoms with Gasteiger partial charge in [0.05, 0.1) is 23.6 Å². The highest BCUT2D eigenvalue weighted by Crippen LogP contribution is 2.40.